The predicted molar refractivity (Wildman–Crippen MR) is 68.1 cm³/mol. The van der Waals surface area contributed by atoms with Crippen LogP contribution in [0.25, 0.3) is 0 Å². The fourth-order valence-electron chi connectivity index (χ4n) is 1.51. The van der Waals surface area contributed by atoms with Crippen molar-refractivity contribution >= 4 is 17.3 Å². The molecule has 0 fully saturated rings. The van der Waals surface area contributed by atoms with Crippen LogP contribution in [0.4, 0.5) is 20.2 Å². The molecule has 0 aliphatic rings. The van der Waals surface area contributed by atoms with Crippen molar-refractivity contribution in [3.63, 3.8) is 0 Å². The van der Waals surface area contributed by atoms with Gasteiger partial charge in [-0.25, -0.2) is 8.78 Å². The second kappa shape index (κ2) is 5.43. The first-order valence-electron chi connectivity index (χ1n) is 5.51. The van der Waals surface area contributed by atoms with E-state index < -0.39 is 23.2 Å². The van der Waals surface area contributed by atoms with Crippen LogP contribution >= 0.6 is 0 Å². The van der Waals surface area contributed by atoms with Crippen molar-refractivity contribution in [3.8, 4) is 0 Å². The Morgan fingerprint density at radius 1 is 1.21 bits per heavy atom. The van der Waals surface area contributed by atoms with Gasteiger partial charge in [0.15, 0.2) is 0 Å². The van der Waals surface area contributed by atoms with Crippen LogP contribution in [0.3, 0.4) is 0 Å². The van der Waals surface area contributed by atoms with Gasteiger partial charge in [-0.15, -0.1) is 0 Å². The standard InChI is InChI=1S/C13H11F2N3O/c1-16-8-5-6-17-11(7-8)13(19)18-12-9(14)3-2-4-10(12)15/h2-7H,1H3,(H,16,17)(H,18,19). The molecule has 4 nitrogen and oxygen atoms in total. The lowest BCUT2D eigenvalue weighted by Crippen LogP contribution is -2.16. The maximum Gasteiger partial charge on any atom is 0.274 e. The number of pyridine rings is 1. The maximum absolute atomic E-state index is 13.4. The molecule has 0 radical (unpaired) electrons. The number of hydrogen-bond donors (Lipinski definition) is 2. The predicted octanol–water partition coefficient (Wildman–Crippen LogP) is 2.65. The normalized spacial score (nSPS) is 10.1. The van der Waals surface area contributed by atoms with Crippen LogP contribution in [0.1, 0.15) is 10.5 Å². The molecular formula is C13H11F2N3O. The molecule has 0 bridgehead atoms. The average Bonchev–Trinajstić information content (AvgIpc) is 2.43. The third-order valence-corrected chi connectivity index (χ3v) is 2.48. The van der Waals surface area contributed by atoms with E-state index in [1.807, 2.05) is 0 Å². The summed E-state index contributed by atoms with van der Waals surface area (Å²) in [5.74, 6) is -2.35. The summed E-state index contributed by atoms with van der Waals surface area (Å²) >= 11 is 0. The van der Waals surface area contributed by atoms with E-state index in [1.54, 1.807) is 13.1 Å². The van der Waals surface area contributed by atoms with Gasteiger partial charge in [0.2, 0.25) is 0 Å². The number of carbonyl (C=O) groups excluding carboxylic acids is 1. The highest BCUT2D eigenvalue weighted by molar-refractivity contribution is 6.03. The highest BCUT2D eigenvalue weighted by Gasteiger charge is 2.14. The van der Waals surface area contributed by atoms with E-state index in [1.165, 1.54) is 18.3 Å². The third kappa shape index (κ3) is 2.85. The molecule has 98 valence electrons. The van der Waals surface area contributed by atoms with E-state index in [-0.39, 0.29) is 5.69 Å². The number of rotatable bonds is 3. The minimum absolute atomic E-state index is 0.0644. The summed E-state index contributed by atoms with van der Waals surface area (Å²) in [6, 6.07) is 6.50. The zero-order chi connectivity index (χ0) is 13.8. The lowest BCUT2D eigenvalue weighted by atomic mass is 10.2. The van der Waals surface area contributed by atoms with E-state index in [0.29, 0.717) is 5.69 Å². The quantitative estimate of drug-likeness (QED) is 0.895. The number of nitrogens with zero attached hydrogens (tertiary/aromatic N) is 1. The summed E-state index contributed by atoms with van der Waals surface area (Å²) in [7, 11) is 1.69. The number of anilines is 2. The molecule has 0 aliphatic carbocycles. The Morgan fingerprint density at radius 2 is 1.89 bits per heavy atom. The van der Waals surface area contributed by atoms with Crippen LogP contribution in [0, 0.1) is 11.6 Å². The molecule has 2 rings (SSSR count). The number of nitrogens with one attached hydrogen (secondary N) is 2. The third-order valence-electron chi connectivity index (χ3n) is 2.48. The highest BCUT2D eigenvalue weighted by atomic mass is 19.1. The summed E-state index contributed by atoms with van der Waals surface area (Å²) in [5.41, 5.74) is 0.257. The first-order chi connectivity index (χ1) is 9.11. The molecule has 19 heavy (non-hydrogen) atoms. The monoisotopic (exact) mass is 263 g/mol. The van der Waals surface area contributed by atoms with Crippen molar-refractivity contribution in [2.24, 2.45) is 0 Å². The molecule has 1 amide bonds. The number of carbonyl (C=O) groups is 1. The van der Waals surface area contributed by atoms with Crippen LogP contribution in [-0.4, -0.2) is 17.9 Å². The summed E-state index contributed by atoms with van der Waals surface area (Å²) in [6.45, 7) is 0. The minimum atomic E-state index is -0.835. The molecule has 0 spiro atoms. The Bertz CT molecular complexity index is 596. The number of aromatic nitrogens is 1. The smallest absolute Gasteiger partial charge is 0.274 e. The molecule has 1 heterocycles. The maximum atomic E-state index is 13.4. The molecule has 0 unspecified atom stereocenters. The van der Waals surface area contributed by atoms with Crippen molar-refractivity contribution in [2.75, 3.05) is 17.7 Å². The molecule has 2 aromatic rings. The largest absolute Gasteiger partial charge is 0.388 e. The van der Waals surface area contributed by atoms with Gasteiger partial charge in [0.1, 0.15) is 23.0 Å². The minimum Gasteiger partial charge on any atom is -0.388 e. The van der Waals surface area contributed by atoms with Gasteiger partial charge in [0, 0.05) is 18.9 Å². The molecular weight excluding hydrogens is 252 g/mol. The van der Waals surface area contributed by atoms with Gasteiger partial charge in [-0.05, 0) is 24.3 Å². The first-order valence-corrected chi connectivity index (χ1v) is 5.51. The molecule has 0 saturated heterocycles. The first kappa shape index (κ1) is 12.9. The van der Waals surface area contributed by atoms with Crippen LogP contribution in [0.15, 0.2) is 36.5 Å². The second-order valence-corrected chi connectivity index (χ2v) is 3.73. The van der Waals surface area contributed by atoms with Gasteiger partial charge in [-0.3, -0.25) is 9.78 Å². The summed E-state index contributed by atoms with van der Waals surface area (Å²) in [6.07, 6.45) is 1.43. The fraction of sp³-hybridized carbons (Fsp3) is 0.0769. The van der Waals surface area contributed by atoms with E-state index >= 15 is 0 Å². The summed E-state index contributed by atoms with van der Waals surface area (Å²) in [5, 5.41) is 5.01. The molecule has 1 aromatic heterocycles. The van der Waals surface area contributed by atoms with Gasteiger partial charge < -0.3 is 10.6 Å². The van der Waals surface area contributed by atoms with E-state index in [4.69, 9.17) is 0 Å². The van der Waals surface area contributed by atoms with Crippen molar-refractivity contribution < 1.29 is 13.6 Å². The zero-order valence-corrected chi connectivity index (χ0v) is 10.1. The van der Waals surface area contributed by atoms with Crippen LogP contribution in [0.2, 0.25) is 0 Å². The fourth-order valence-corrected chi connectivity index (χ4v) is 1.51. The highest BCUT2D eigenvalue weighted by Crippen LogP contribution is 2.19. The summed E-state index contributed by atoms with van der Waals surface area (Å²) < 4.78 is 26.8. The Hall–Kier alpha value is -2.50. The number of halogens is 2. The van der Waals surface area contributed by atoms with Gasteiger partial charge >= 0.3 is 0 Å². The zero-order valence-electron chi connectivity index (χ0n) is 10.1. The van der Waals surface area contributed by atoms with Crippen molar-refractivity contribution in [3.05, 3.63) is 53.9 Å². The number of para-hydroxylation sites is 1. The van der Waals surface area contributed by atoms with Crippen molar-refractivity contribution in [1.82, 2.24) is 4.98 Å². The molecule has 0 atom stereocenters. The Morgan fingerprint density at radius 3 is 2.53 bits per heavy atom. The van der Waals surface area contributed by atoms with Gasteiger partial charge in [-0.1, -0.05) is 6.07 Å². The lowest BCUT2D eigenvalue weighted by molar-refractivity contribution is 0.102. The molecule has 0 saturated carbocycles. The molecule has 6 heteroatoms. The average molecular weight is 263 g/mol. The SMILES string of the molecule is CNc1ccnc(C(=O)Nc2c(F)cccc2F)c1. The Kier molecular flexibility index (Phi) is 3.70. The summed E-state index contributed by atoms with van der Waals surface area (Å²) in [4.78, 5) is 15.7. The molecule has 0 aliphatic heterocycles. The Balaban J connectivity index is 2.25. The Labute approximate surface area is 108 Å². The van der Waals surface area contributed by atoms with Crippen molar-refractivity contribution in [2.45, 2.75) is 0 Å². The van der Waals surface area contributed by atoms with Gasteiger partial charge in [0.05, 0.1) is 0 Å². The number of hydrogen-bond acceptors (Lipinski definition) is 3. The molecule has 1 aromatic carbocycles. The van der Waals surface area contributed by atoms with Crippen molar-refractivity contribution in [1.29, 1.82) is 0 Å². The van der Waals surface area contributed by atoms with Gasteiger partial charge in [0.25, 0.3) is 5.91 Å². The second-order valence-electron chi connectivity index (χ2n) is 3.73. The van der Waals surface area contributed by atoms with E-state index in [9.17, 15) is 13.6 Å². The van der Waals surface area contributed by atoms with Gasteiger partial charge in [-0.2, -0.15) is 0 Å². The topological polar surface area (TPSA) is 54.0 Å². The van der Waals surface area contributed by atoms with E-state index in [2.05, 4.69) is 15.6 Å². The lowest BCUT2D eigenvalue weighted by Gasteiger charge is -2.07. The number of amides is 1. The molecule has 2 N–H and O–H groups in total. The number of benzene rings is 1. The van der Waals surface area contributed by atoms with Crippen LogP contribution in [-0.2, 0) is 0 Å². The van der Waals surface area contributed by atoms with Crippen LogP contribution in [0.5, 0.6) is 0 Å². The van der Waals surface area contributed by atoms with Crippen LogP contribution < -0.4 is 10.6 Å². The van der Waals surface area contributed by atoms with E-state index in [0.717, 1.165) is 12.1 Å².